The predicted molar refractivity (Wildman–Crippen MR) is 86.6 cm³/mol. The van der Waals surface area contributed by atoms with Gasteiger partial charge in [0, 0.05) is 5.92 Å². The van der Waals surface area contributed by atoms with Gasteiger partial charge in [0.15, 0.2) is 5.76 Å². The minimum Gasteiger partial charge on any atom is -0.491 e. The highest BCUT2D eigenvalue weighted by molar-refractivity contribution is 5.51. The second-order valence-corrected chi connectivity index (χ2v) is 6.06. The minimum absolute atomic E-state index is 0.143. The van der Waals surface area contributed by atoms with Gasteiger partial charge in [-0.05, 0) is 23.1 Å². The summed E-state index contributed by atoms with van der Waals surface area (Å²) in [6.45, 7) is 2.20. The first-order chi connectivity index (χ1) is 11.7. The Balaban J connectivity index is 1.40. The van der Waals surface area contributed by atoms with E-state index in [0.29, 0.717) is 29.2 Å². The summed E-state index contributed by atoms with van der Waals surface area (Å²) in [5, 5.41) is 12.6. The lowest BCUT2D eigenvalue weighted by Crippen LogP contribution is -2.42. The lowest BCUT2D eigenvalue weighted by molar-refractivity contribution is 0.0294. The second-order valence-electron chi connectivity index (χ2n) is 6.06. The van der Waals surface area contributed by atoms with E-state index < -0.39 is 0 Å². The topological polar surface area (TPSA) is 81.3 Å². The molecule has 1 unspecified atom stereocenters. The van der Waals surface area contributed by atoms with Crippen LogP contribution in [0.1, 0.15) is 24.8 Å². The summed E-state index contributed by atoms with van der Waals surface area (Å²) in [6.07, 6.45) is 4.24. The number of aromatic nitrogens is 3. The molecule has 4 rings (SSSR count). The molecule has 6 nitrogen and oxygen atoms in total. The number of rotatable bonds is 4. The molecule has 1 N–H and O–H groups in total. The number of hydrogen-bond donors (Lipinski definition) is 1. The van der Waals surface area contributed by atoms with Crippen LogP contribution in [0.3, 0.4) is 0 Å². The van der Waals surface area contributed by atoms with Gasteiger partial charge < -0.3 is 14.4 Å². The molecule has 0 amide bonds. The number of nitrogens with zero attached hydrogens (tertiary/aromatic N) is 3. The average Bonchev–Trinajstić information content (AvgIpc) is 3.05. The zero-order valence-electron chi connectivity index (χ0n) is 13.2. The molecule has 2 heterocycles. The van der Waals surface area contributed by atoms with Crippen LogP contribution in [0.2, 0.25) is 0 Å². The van der Waals surface area contributed by atoms with Gasteiger partial charge in [-0.15, -0.1) is 0 Å². The number of hydrogen-bond acceptors (Lipinski definition) is 6. The van der Waals surface area contributed by atoms with Crippen LogP contribution in [0.4, 0.5) is 0 Å². The van der Waals surface area contributed by atoms with Crippen molar-refractivity contribution in [3.8, 4) is 23.2 Å². The number of benzene rings is 1. The van der Waals surface area contributed by atoms with Crippen LogP contribution >= 0.6 is 0 Å². The summed E-state index contributed by atoms with van der Waals surface area (Å²) in [5.74, 6) is 1.64. The van der Waals surface area contributed by atoms with Gasteiger partial charge in [-0.3, -0.25) is 0 Å². The second kappa shape index (κ2) is 5.96. The Labute approximate surface area is 139 Å². The molecule has 2 aromatic heterocycles. The van der Waals surface area contributed by atoms with Crippen molar-refractivity contribution < 1.29 is 14.4 Å². The molecule has 1 aliphatic carbocycles. The molecule has 0 bridgehead atoms. The maximum absolute atomic E-state index is 9.20. The van der Waals surface area contributed by atoms with Gasteiger partial charge in [-0.25, -0.2) is 9.97 Å². The van der Waals surface area contributed by atoms with E-state index in [1.807, 2.05) is 6.07 Å². The lowest BCUT2D eigenvalue weighted by Gasteiger charge is -2.42. The summed E-state index contributed by atoms with van der Waals surface area (Å²) >= 11 is 0. The van der Waals surface area contributed by atoms with Crippen LogP contribution in [0, 0.1) is 5.92 Å². The van der Waals surface area contributed by atoms with Gasteiger partial charge in [-0.1, -0.05) is 37.3 Å². The fourth-order valence-electron chi connectivity index (χ4n) is 3.08. The zero-order chi connectivity index (χ0) is 16.5. The van der Waals surface area contributed by atoms with Crippen LogP contribution in [0.25, 0.3) is 11.5 Å². The highest BCUT2D eigenvalue weighted by atomic mass is 16.5. The summed E-state index contributed by atoms with van der Waals surface area (Å²) in [7, 11) is 0. The molecule has 0 radical (unpaired) electrons. The number of ether oxygens (including phenoxy) is 1. The van der Waals surface area contributed by atoms with E-state index in [0.717, 1.165) is 6.42 Å². The van der Waals surface area contributed by atoms with Gasteiger partial charge in [0.25, 0.3) is 5.88 Å². The van der Waals surface area contributed by atoms with E-state index in [-0.39, 0.29) is 12.0 Å². The van der Waals surface area contributed by atoms with E-state index in [1.54, 1.807) is 12.4 Å². The highest BCUT2D eigenvalue weighted by Crippen LogP contribution is 2.44. The molecule has 0 aliphatic heterocycles. The molecule has 122 valence electrons. The van der Waals surface area contributed by atoms with Crippen molar-refractivity contribution in [2.45, 2.75) is 25.4 Å². The summed E-state index contributed by atoms with van der Waals surface area (Å²) in [5.41, 5.74) is 1.86. The third-order valence-electron chi connectivity index (χ3n) is 4.59. The van der Waals surface area contributed by atoms with Gasteiger partial charge >= 0.3 is 0 Å². The maximum atomic E-state index is 9.20. The van der Waals surface area contributed by atoms with Crippen molar-refractivity contribution in [3.63, 3.8) is 0 Å². The van der Waals surface area contributed by atoms with Crippen LogP contribution in [0.15, 0.2) is 53.3 Å². The lowest BCUT2D eigenvalue weighted by atomic mass is 9.68. The van der Waals surface area contributed by atoms with Gasteiger partial charge in [0.2, 0.25) is 5.88 Å². The summed E-state index contributed by atoms with van der Waals surface area (Å²) in [6, 6.07) is 11.9. The molecule has 0 spiro atoms. The van der Waals surface area contributed by atoms with Crippen molar-refractivity contribution >= 4 is 0 Å². The Bertz CT molecular complexity index is 817. The first-order valence-electron chi connectivity index (χ1n) is 7.90. The van der Waals surface area contributed by atoms with Crippen molar-refractivity contribution in [2.75, 3.05) is 0 Å². The van der Waals surface area contributed by atoms with Gasteiger partial charge in [0.1, 0.15) is 11.8 Å². The van der Waals surface area contributed by atoms with E-state index >= 15 is 0 Å². The van der Waals surface area contributed by atoms with Crippen molar-refractivity contribution in [3.05, 3.63) is 54.4 Å². The Kier molecular flexibility index (Phi) is 3.65. The Hall–Kier alpha value is -2.89. The van der Waals surface area contributed by atoms with E-state index in [1.165, 1.54) is 11.6 Å². The average molecular weight is 323 g/mol. The monoisotopic (exact) mass is 323 g/mol. The molecule has 3 aromatic rings. The van der Waals surface area contributed by atoms with E-state index in [9.17, 15) is 5.11 Å². The first kappa shape index (κ1) is 14.7. The van der Waals surface area contributed by atoms with E-state index in [2.05, 4.69) is 46.3 Å². The molecule has 0 saturated heterocycles. The van der Waals surface area contributed by atoms with Crippen LogP contribution < -0.4 is 4.74 Å². The molecule has 1 saturated carbocycles. The molecule has 3 atom stereocenters. The normalized spacial score (nSPS) is 22.8. The molecule has 1 fully saturated rings. The van der Waals surface area contributed by atoms with Crippen LogP contribution in [-0.2, 0) is 0 Å². The predicted octanol–water partition coefficient (Wildman–Crippen LogP) is 3.41. The SMILES string of the molecule is CC1[C@@H](Oc2cnc(-c3cc(O)no3)cn2)C[C@H]1c1ccccc1. The Morgan fingerprint density at radius 3 is 2.62 bits per heavy atom. The fraction of sp³-hybridized carbons (Fsp3) is 0.278. The minimum atomic E-state index is -0.178. The number of aromatic hydroxyl groups is 1. The molecule has 1 aromatic carbocycles. The standard InChI is InChI=1S/C18H17N3O3/c1-11-13(12-5-3-2-4-6-12)7-15(11)23-18-10-19-14(9-20-18)16-8-17(22)21-24-16/h2-6,8-11,13,15H,7H2,1H3,(H,21,22)/t11?,13-,15+/m1/s1. The molecular weight excluding hydrogens is 306 g/mol. The quantitative estimate of drug-likeness (QED) is 0.792. The Morgan fingerprint density at radius 1 is 1.17 bits per heavy atom. The highest BCUT2D eigenvalue weighted by Gasteiger charge is 2.40. The van der Waals surface area contributed by atoms with Crippen LogP contribution in [-0.4, -0.2) is 26.3 Å². The largest absolute Gasteiger partial charge is 0.491 e. The fourth-order valence-corrected chi connectivity index (χ4v) is 3.08. The first-order valence-corrected chi connectivity index (χ1v) is 7.90. The van der Waals surface area contributed by atoms with Crippen LogP contribution in [0.5, 0.6) is 11.8 Å². The van der Waals surface area contributed by atoms with Crippen molar-refractivity contribution in [1.82, 2.24) is 15.1 Å². The molecule has 1 aliphatic rings. The summed E-state index contributed by atoms with van der Waals surface area (Å²) < 4.78 is 10.9. The molecule has 24 heavy (non-hydrogen) atoms. The smallest absolute Gasteiger partial charge is 0.252 e. The third-order valence-corrected chi connectivity index (χ3v) is 4.59. The molecular formula is C18H17N3O3. The summed E-state index contributed by atoms with van der Waals surface area (Å²) in [4.78, 5) is 8.51. The Morgan fingerprint density at radius 2 is 2.00 bits per heavy atom. The van der Waals surface area contributed by atoms with E-state index in [4.69, 9.17) is 9.26 Å². The zero-order valence-corrected chi connectivity index (χ0v) is 13.2. The maximum Gasteiger partial charge on any atom is 0.252 e. The van der Waals surface area contributed by atoms with Crippen molar-refractivity contribution in [2.24, 2.45) is 5.92 Å². The van der Waals surface area contributed by atoms with Crippen molar-refractivity contribution in [1.29, 1.82) is 0 Å². The third kappa shape index (κ3) is 2.71. The van der Waals surface area contributed by atoms with Gasteiger partial charge in [0.05, 0.1) is 18.5 Å². The van der Waals surface area contributed by atoms with Gasteiger partial charge in [-0.2, -0.15) is 0 Å². The molecule has 6 heteroatoms.